The van der Waals surface area contributed by atoms with Gasteiger partial charge < -0.3 is 10.1 Å². The summed E-state index contributed by atoms with van der Waals surface area (Å²) in [6, 6.07) is 3.17. The molecule has 1 unspecified atom stereocenters. The van der Waals surface area contributed by atoms with E-state index in [2.05, 4.69) is 20.5 Å². The third-order valence-corrected chi connectivity index (χ3v) is 3.92. The second-order valence-electron chi connectivity index (χ2n) is 5.22. The molecule has 1 aliphatic rings. The van der Waals surface area contributed by atoms with E-state index in [9.17, 15) is 9.18 Å². The summed E-state index contributed by atoms with van der Waals surface area (Å²) < 4.78 is 18.5. The van der Waals surface area contributed by atoms with Crippen molar-refractivity contribution in [1.82, 2.24) is 20.3 Å². The van der Waals surface area contributed by atoms with E-state index in [1.54, 1.807) is 13.8 Å². The van der Waals surface area contributed by atoms with E-state index in [1.807, 2.05) is 0 Å². The number of benzene rings is 1. The number of nitrogens with zero attached hydrogens (tertiary/aromatic N) is 4. The molecular formula is C16H15ClFN5O2. The fourth-order valence-corrected chi connectivity index (χ4v) is 2.78. The average Bonchev–Trinajstić information content (AvgIpc) is 3.08. The number of halogens is 2. The number of aromatic nitrogens is 3. The first-order chi connectivity index (χ1) is 12.0. The number of rotatable bonds is 3. The summed E-state index contributed by atoms with van der Waals surface area (Å²) in [5.74, 6) is -0.672. The molecular weight excluding hydrogens is 349 g/mol. The van der Waals surface area contributed by atoms with E-state index >= 15 is 0 Å². The van der Waals surface area contributed by atoms with Gasteiger partial charge in [-0.2, -0.15) is 10.2 Å². The van der Waals surface area contributed by atoms with E-state index in [0.29, 0.717) is 22.8 Å². The summed E-state index contributed by atoms with van der Waals surface area (Å²) in [6.45, 7) is 3.65. The Balaban J connectivity index is 2.11. The third kappa shape index (κ3) is 3.39. The zero-order chi connectivity index (χ0) is 18.0. The molecule has 3 rings (SSSR count). The van der Waals surface area contributed by atoms with Crippen LogP contribution in [0.25, 0.3) is 0 Å². The molecule has 0 saturated carbocycles. The maximum Gasteiger partial charge on any atom is 0.338 e. The molecule has 2 aromatic rings. The summed E-state index contributed by atoms with van der Waals surface area (Å²) in [5, 5.41) is 11.2. The highest BCUT2D eigenvalue weighted by Gasteiger charge is 2.32. The quantitative estimate of drug-likeness (QED) is 0.847. The number of carbonyl (C=O) groups excluding carboxylic acids is 1. The van der Waals surface area contributed by atoms with Crippen molar-refractivity contribution in [3.05, 3.63) is 58.3 Å². The predicted molar refractivity (Wildman–Crippen MR) is 89.5 cm³/mol. The Morgan fingerprint density at radius 3 is 2.76 bits per heavy atom. The van der Waals surface area contributed by atoms with E-state index in [4.69, 9.17) is 16.3 Å². The Labute approximate surface area is 148 Å². The number of nitrogens with one attached hydrogen (secondary N) is 1. The second-order valence-corrected chi connectivity index (χ2v) is 5.63. The molecule has 0 radical (unpaired) electrons. The maximum atomic E-state index is 13.4. The number of ether oxygens (including phenoxy) is 1. The van der Waals surface area contributed by atoms with E-state index in [0.717, 1.165) is 0 Å². The van der Waals surface area contributed by atoms with Crippen LogP contribution in [0.5, 0.6) is 0 Å². The van der Waals surface area contributed by atoms with Gasteiger partial charge in [0.05, 0.1) is 24.6 Å². The lowest BCUT2D eigenvalue weighted by atomic mass is 9.96. The van der Waals surface area contributed by atoms with Crippen molar-refractivity contribution in [1.29, 1.82) is 0 Å². The zero-order valence-corrected chi connectivity index (χ0v) is 14.3. The van der Waals surface area contributed by atoms with Crippen molar-refractivity contribution >= 4 is 23.5 Å². The molecule has 2 heterocycles. The number of aliphatic imine (C=N–C) groups is 1. The highest BCUT2D eigenvalue weighted by atomic mass is 35.5. The molecule has 25 heavy (non-hydrogen) atoms. The molecule has 7 nitrogen and oxygen atoms in total. The molecule has 0 aliphatic carbocycles. The van der Waals surface area contributed by atoms with Crippen LogP contribution in [-0.4, -0.2) is 33.5 Å². The van der Waals surface area contributed by atoms with Gasteiger partial charge in [-0.1, -0.05) is 17.7 Å². The highest BCUT2D eigenvalue weighted by molar-refractivity contribution is 6.31. The van der Waals surface area contributed by atoms with Crippen molar-refractivity contribution in [2.75, 3.05) is 6.61 Å². The van der Waals surface area contributed by atoms with Crippen LogP contribution in [0.4, 0.5) is 4.39 Å². The Morgan fingerprint density at radius 1 is 1.40 bits per heavy atom. The van der Waals surface area contributed by atoms with Crippen LogP contribution in [0, 0.1) is 5.82 Å². The summed E-state index contributed by atoms with van der Waals surface area (Å²) in [7, 11) is 0. The zero-order valence-electron chi connectivity index (χ0n) is 13.5. The van der Waals surface area contributed by atoms with Gasteiger partial charge in [0, 0.05) is 16.3 Å². The monoisotopic (exact) mass is 363 g/mol. The van der Waals surface area contributed by atoms with Gasteiger partial charge in [0.2, 0.25) is 5.96 Å². The Morgan fingerprint density at radius 2 is 2.12 bits per heavy atom. The van der Waals surface area contributed by atoms with E-state index < -0.39 is 17.8 Å². The molecule has 1 aliphatic heterocycles. The summed E-state index contributed by atoms with van der Waals surface area (Å²) in [5.41, 5.74) is 1.31. The fourth-order valence-electron chi connectivity index (χ4n) is 2.51. The Kier molecular flexibility index (Phi) is 4.80. The number of allylic oxidation sites excluding steroid dienone is 1. The molecule has 1 N–H and O–H groups in total. The lowest BCUT2D eigenvalue weighted by molar-refractivity contribution is -0.138. The number of carbonyl (C=O) groups is 1. The minimum Gasteiger partial charge on any atom is -0.463 e. The summed E-state index contributed by atoms with van der Waals surface area (Å²) >= 11 is 6.19. The highest BCUT2D eigenvalue weighted by Crippen LogP contribution is 2.35. The fraction of sp³-hybridized carbons (Fsp3) is 0.250. The predicted octanol–water partition coefficient (Wildman–Crippen LogP) is 2.46. The smallest absolute Gasteiger partial charge is 0.338 e. The number of hydrogen-bond acceptors (Lipinski definition) is 6. The van der Waals surface area contributed by atoms with Crippen LogP contribution in [0.2, 0.25) is 5.02 Å². The van der Waals surface area contributed by atoms with Gasteiger partial charge in [-0.25, -0.2) is 14.2 Å². The normalized spacial score (nSPS) is 17.1. The molecule has 0 fully saturated rings. The largest absolute Gasteiger partial charge is 0.463 e. The van der Waals surface area contributed by atoms with Crippen molar-refractivity contribution in [2.45, 2.75) is 19.9 Å². The van der Waals surface area contributed by atoms with Crippen molar-refractivity contribution in [3.63, 3.8) is 0 Å². The molecule has 130 valence electrons. The van der Waals surface area contributed by atoms with Gasteiger partial charge >= 0.3 is 5.97 Å². The van der Waals surface area contributed by atoms with Crippen LogP contribution < -0.4 is 5.32 Å². The topological polar surface area (TPSA) is 81.4 Å². The maximum absolute atomic E-state index is 13.4. The SMILES string of the molecule is CCOC(=O)C1=C(C)NC(n2nccn2)=NC1c1ccc(F)cc1Cl. The molecule has 1 atom stereocenters. The molecule has 0 saturated heterocycles. The minimum absolute atomic E-state index is 0.165. The van der Waals surface area contributed by atoms with Gasteiger partial charge in [-0.15, -0.1) is 4.80 Å². The standard InChI is InChI=1S/C16H15ClFN5O2/c1-3-25-15(24)13-9(2)21-16(23-19-6-7-20-23)22-14(13)11-5-4-10(18)8-12(11)17/h4-8,14H,3H2,1-2H3,(H,21,22). The summed E-state index contributed by atoms with van der Waals surface area (Å²) in [6.07, 6.45) is 3.01. The average molecular weight is 364 g/mol. The van der Waals surface area contributed by atoms with Crippen LogP contribution >= 0.6 is 11.6 Å². The first-order valence-electron chi connectivity index (χ1n) is 7.55. The minimum atomic E-state index is -0.769. The molecule has 0 amide bonds. The molecule has 0 bridgehead atoms. The van der Waals surface area contributed by atoms with Crippen LogP contribution in [0.3, 0.4) is 0 Å². The summed E-state index contributed by atoms with van der Waals surface area (Å²) in [4.78, 5) is 18.2. The van der Waals surface area contributed by atoms with Crippen molar-refractivity contribution < 1.29 is 13.9 Å². The van der Waals surface area contributed by atoms with Crippen LogP contribution in [-0.2, 0) is 9.53 Å². The molecule has 1 aromatic carbocycles. The van der Waals surface area contributed by atoms with E-state index in [-0.39, 0.29) is 11.6 Å². The molecule has 0 spiro atoms. The molecule has 9 heteroatoms. The number of hydrogen-bond donors (Lipinski definition) is 1. The van der Waals surface area contributed by atoms with Crippen molar-refractivity contribution in [3.8, 4) is 0 Å². The molecule has 1 aromatic heterocycles. The van der Waals surface area contributed by atoms with Gasteiger partial charge in [0.15, 0.2) is 0 Å². The lowest BCUT2D eigenvalue weighted by Crippen LogP contribution is -2.37. The van der Waals surface area contributed by atoms with Gasteiger partial charge in [0.1, 0.15) is 11.9 Å². The van der Waals surface area contributed by atoms with Gasteiger partial charge in [-0.05, 0) is 26.0 Å². The first-order valence-corrected chi connectivity index (χ1v) is 7.93. The first kappa shape index (κ1) is 17.1. The van der Waals surface area contributed by atoms with E-state index in [1.165, 1.54) is 35.4 Å². The van der Waals surface area contributed by atoms with Gasteiger partial charge in [0.25, 0.3) is 0 Å². The Hall–Kier alpha value is -2.74. The Bertz CT molecular complexity index is 863. The number of esters is 1. The lowest BCUT2D eigenvalue weighted by Gasteiger charge is -2.25. The third-order valence-electron chi connectivity index (χ3n) is 3.59. The van der Waals surface area contributed by atoms with Gasteiger partial charge in [-0.3, -0.25) is 0 Å². The van der Waals surface area contributed by atoms with Crippen LogP contribution in [0.1, 0.15) is 25.5 Å². The second kappa shape index (κ2) is 7.02. The van der Waals surface area contributed by atoms with Crippen molar-refractivity contribution in [2.24, 2.45) is 4.99 Å². The van der Waals surface area contributed by atoms with Crippen LogP contribution in [0.15, 0.2) is 46.9 Å².